The first-order chi connectivity index (χ1) is 16.4. The molecule has 0 aromatic rings. The summed E-state index contributed by atoms with van der Waals surface area (Å²) in [4.78, 5) is 39.1. The van der Waals surface area contributed by atoms with E-state index < -0.39 is 77.5 Å². The zero-order valence-electron chi connectivity index (χ0n) is 20.2. The van der Waals surface area contributed by atoms with E-state index in [9.17, 15) is 23.3 Å². The van der Waals surface area contributed by atoms with Crippen molar-refractivity contribution in [1.29, 1.82) is 0 Å². The van der Waals surface area contributed by atoms with Crippen LogP contribution in [0.2, 0.25) is 0 Å². The number of thioether (sulfide) groups is 1. The Labute approximate surface area is 209 Å². The number of ketones is 2. The maximum atomic E-state index is 17.6. The van der Waals surface area contributed by atoms with Gasteiger partial charge < -0.3 is 0 Å². The molecule has 0 aliphatic heterocycles. The highest BCUT2D eigenvalue weighted by Gasteiger charge is 2.78. The standard InChI is InChI=1S/C25H30F3O5PS/c1-5-19(30)24(21(31)35-12-26)13(2)8-15-16-10-18(27)17-9-14(29)6-7-22(17,3)25(16,28)20(33-34-32)11-23(15,24)4/h6-7,9,13,15-16,18,20H,5,8,10-12H2,1-4H3/t13-,15+,16+,18+,20+,22+,23?,24+,25+/m1/s1. The topological polar surface area (TPSA) is 77.5 Å². The van der Waals surface area contributed by atoms with Crippen LogP contribution in [0.1, 0.15) is 53.4 Å². The lowest BCUT2D eigenvalue weighted by Crippen LogP contribution is -2.70. The van der Waals surface area contributed by atoms with Crippen LogP contribution in [0.25, 0.3) is 0 Å². The molecular formula is C25H30F3O5PS. The third kappa shape index (κ3) is 3.23. The first-order valence-electron chi connectivity index (χ1n) is 11.9. The Morgan fingerprint density at radius 2 is 1.94 bits per heavy atom. The summed E-state index contributed by atoms with van der Waals surface area (Å²) >= 11 is 0.434. The quantitative estimate of drug-likeness (QED) is 0.313. The maximum absolute atomic E-state index is 17.6. The van der Waals surface area contributed by atoms with E-state index in [1.165, 1.54) is 19.1 Å². The number of allylic oxidation sites excluding steroid dienone is 4. The molecular weight excluding hydrogens is 500 g/mol. The smallest absolute Gasteiger partial charge is 0.299 e. The fraction of sp³-hybridized carbons (Fsp3) is 0.720. The zero-order valence-corrected chi connectivity index (χ0v) is 21.9. The molecule has 4 rings (SSSR count). The van der Waals surface area contributed by atoms with Crippen molar-refractivity contribution in [2.75, 3.05) is 6.01 Å². The number of fused-ring (bicyclic) bond motifs is 5. The molecule has 5 nitrogen and oxygen atoms in total. The first kappa shape index (κ1) is 26.7. The van der Waals surface area contributed by atoms with Gasteiger partial charge in [-0.2, -0.15) is 0 Å². The average molecular weight is 531 g/mol. The van der Waals surface area contributed by atoms with Gasteiger partial charge in [-0.1, -0.05) is 38.6 Å². The van der Waals surface area contributed by atoms with Crippen molar-refractivity contribution in [3.05, 3.63) is 23.8 Å². The lowest BCUT2D eigenvalue weighted by molar-refractivity contribution is -0.202. The Morgan fingerprint density at radius 1 is 1.26 bits per heavy atom. The van der Waals surface area contributed by atoms with Crippen LogP contribution in [0.3, 0.4) is 0 Å². The Balaban J connectivity index is 1.95. The molecule has 0 saturated heterocycles. The van der Waals surface area contributed by atoms with Gasteiger partial charge in [0.25, 0.3) is 0 Å². The third-order valence-electron chi connectivity index (χ3n) is 9.68. The number of alkyl halides is 3. The lowest BCUT2D eigenvalue weighted by Gasteiger charge is -2.63. The van der Waals surface area contributed by atoms with Crippen molar-refractivity contribution >= 4 is 37.1 Å². The molecule has 0 aromatic heterocycles. The van der Waals surface area contributed by atoms with Crippen molar-refractivity contribution in [1.82, 2.24) is 0 Å². The molecule has 3 saturated carbocycles. The van der Waals surface area contributed by atoms with Crippen LogP contribution in [-0.4, -0.2) is 40.6 Å². The molecule has 4 aliphatic carbocycles. The molecule has 10 heteroatoms. The molecule has 0 heterocycles. The Hall–Kier alpha value is -1.31. The average Bonchev–Trinajstić information content (AvgIpc) is 3.04. The van der Waals surface area contributed by atoms with E-state index in [1.807, 2.05) is 0 Å². The van der Waals surface area contributed by atoms with E-state index in [0.29, 0.717) is 11.8 Å². The normalized spacial score (nSPS) is 46.5. The Morgan fingerprint density at radius 3 is 2.54 bits per heavy atom. The van der Waals surface area contributed by atoms with Gasteiger partial charge in [0.15, 0.2) is 11.5 Å². The highest BCUT2D eigenvalue weighted by molar-refractivity contribution is 8.13. The van der Waals surface area contributed by atoms with Crippen LogP contribution in [0.4, 0.5) is 13.2 Å². The summed E-state index contributed by atoms with van der Waals surface area (Å²) in [5, 5.41) is -0.600. The number of hydrogen-bond acceptors (Lipinski definition) is 6. The van der Waals surface area contributed by atoms with Gasteiger partial charge in [0.1, 0.15) is 29.5 Å². The SMILES string of the molecule is CCC(=O)[C@]1(C(=O)SCF)[C@H](C)C[C@H]2[C@@H]3C[C@H](F)C4=CC(=O)C=C[C@]4(C)[C@@]3(F)[C@@H](OP=O)CC21C. The zero-order chi connectivity index (χ0) is 26.0. The minimum atomic E-state index is -2.25. The van der Waals surface area contributed by atoms with Crippen LogP contribution >= 0.6 is 20.4 Å². The van der Waals surface area contributed by atoms with Gasteiger partial charge in [-0.25, -0.2) is 17.7 Å². The number of hydrogen-bond donors (Lipinski definition) is 0. The summed E-state index contributed by atoms with van der Waals surface area (Å²) in [7, 11) is -0.792. The van der Waals surface area contributed by atoms with Gasteiger partial charge in [0, 0.05) is 17.8 Å². The molecule has 35 heavy (non-hydrogen) atoms. The van der Waals surface area contributed by atoms with E-state index >= 15 is 8.78 Å². The van der Waals surface area contributed by atoms with Crippen molar-refractivity contribution in [3.63, 3.8) is 0 Å². The molecule has 0 amide bonds. The molecule has 0 radical (unpaired) electrons. The van der Waals surface area contributed by atoms with Gasteiger partial charge in [0.2, 0.25) is 5.12 Å². The van der Waals surface area contributed by atoms with Crippen molar-refractivity contribution < 1.29 is 36.6 Å². The van der Waals surface area contributed by atoms with E-state index in [0.717, 1.165) is 6.08 Å². The molecule has 0 N–H and O–H groups in total. The van der Waals surface area contributed by atoms with Gasteiger partial charge >= 0.3 is 8.69 Å². The minimum Gasteiger partial charge on any atom is -0.299 e. The highest BCUT2D eigenvalue weighted by atomic mass is 32.2. The lowest BCUT2D eigenvalue weighted by atomic mass is 9.43. The number of halogens is 3. The number of rotatable bonds is 6. The number of carbonyl (C=O) groups is 3. The number of carbonyl (C=O) groups excluding carboxylic acids is 3. The summed E-state index contributed by atoms with van der Waals surface area (Å²) in [5.74, 6) is -2.89. The predicted octanol–water partition coefficient (Wildman–Crippen LogP) is 5.93. The molecule has 3 fully saturated rings. The van der Waals surface area contributed by atoms with Crippen molar-refractivity contribution in [2.45, 2.75) is 71.3 Å². The van der Waals surface area contributed by atoms with E-state index in [1.54, 1.807) is 20.8 Å². The second-order valence-electron chi connectivity index (χ2n) is 10.8. The fourth-order valence-electron chi connectivity index (χ4n) is 8.27. The van der Waals surface area contributed by atoms with Crippen LogP contribution < -0.4 is 0 Å². The predicted molar refractivity (Wildman–Crippen MR) is 126 cm³/mol. The second kappa shape index (κ2) is 8.91. The van der Waals surface area contributed by atoms with Gasteiger partial charge in [-0.3, -0.25) is 18.9 Å². The van der Waals surface area contributed by atoms with Crippen LogP contribution in [0, 0.1) is 34.0 Å². The fourth-order valence-corrected chi connectivity index (χ4v) is 9.48. The van der Waals surface area contributed by atoms with Crippen molar-refractivity contribution in [2.24, 2.45) is 34.0 Å². The van der Waals surface area contributed by atoms with Gasteiger partial charge in [-0.05, 0) is 61.2 Å². The Kier molecular flexibility index (Phi) is 6.81. The van der Waals surface area contributed by atoms with Crippen LogP contribution in [0.5, 0.6) is 0 Å². The third-order valence-corrected chi connectivity index (χ3v) is 10.7. The van der Waals surface area contributed by atoms with E-state index in [-0.39, 0.29) is 37.0 Å². The summed E-state index contributed by atoms with van der Waals surface area (Å²) in [5.41, 5.74) is -6.54. The van der Waals surface area contributed by atoms with Gasteiger partial charge in [0.05, 0.1) is 0 Å². The summed E-state index contributed by atoms with van der Waals surface area (Å²) in [6.45, 7) is 6.63. The monoisotopic (exact) mass is 530 g/mol. The Bertz CT molecular complexity index is 1030. The molecule has 9 atom stereocenters. The van der Waals surface area contributed by atoms with E-state index in [2.05, 4.69) is 0 Å². The summed E-state index contributed by atoms with van der Waals surface area (Å²) in [6, 6.07) is -1.00. The maximum Gasteiger partial charge on any atom is 0.327 e. The molecule has 4 aliphatic rings. The van der Waals surface area contributed by atoms with E-state index in [4.69, 9.17) is 4.52 Å². The molecule has 0 bridgehead atoms. The van der Waals surface area contributed by atoms with Crippen molar-refractivity contribution in [3.8, 4) is 0 Å². The second-order valence-corrected chi connectivity index (χ2v) is 12.0. The number of Topliss-reactive ketones (excluding diaryl/α,β-unsaturated/α-hetero) is 1. The largest absolute Gasteiger partial charge is 0.327 e. The minimum absolute atomic E-state index is 0.0227. The molecule has 192 valence electrons. The van der Waals surface area contributed by atoms with Gasteiger partial charge in [-0.15, -0.1) is 0 Å². The van der Waals surface area contributed by atoms with Crippen LogP contribution in [-0.2, 0) is 23.5 Å². The first-order valence-corrected chi connectivity index (χ1v) is 13.6. The van der Waals surface area contributed by atoms with Crippen LogP contribution in [0.15, 0.2) is 23.8 Å². The summed E-state index contributed by atoms with van der Waals surface area (Å²) in [6.07, 6.45) is 0.667. The summed E-state index contributed by atoms with van der Waals surface area (Å²) < 4.78 is 63.8. The molecule has 1 unspecified atom stereocenters. The highest BCUT2D eigenvalue weighted by Crippen LogP contribution is 2.74. The molecule has 0 spiro atoms. The molecule has 0 aromatic carbocycles.